The van der Waals surface area contributed by atoms with E-state index < -0.39 is 6.10 Å². The van der Waals surface area contributed by atoms with E-state index >= 15 is 0 Å². The van der Waals surface area contributed by atoms with Gasteiger partial charge in [-0.2, -0.15) is 0 Å². The fourth-order valence-corrected chi connectivity index (χ4v) is 4.51. The molecule has 0 spiro atoms. The second-order valence-corrected chi connectivity index (χ2v) is 8.90. The average Bonchev–Trinajstić information content (AvgIpc) is 2.75. The predicted octanol–water partition coefficient (Wildman–Crippen LogP) is 4.56. The highest BCUT2D eigenvalue weighted by Gasteiger charge is 2.28. The molecule has 1 fully saturated rings. The number of rotatable bonds is 6. The van der Waals surface area contributed by atoms with E-state index in [0.29, 0.717) is 12.3 Å². The van der Waals surface area contributed by atoms with Crippen molar-refractivity contribution in [1.82, 2.24) is 4.90 Å². The Bertz CT molecular complexity index is 921. The van der Waals surface area contributed by atoms with Gasteiger partial charge in [0, 0.05) is 31.9 Å². The minimum atomic E-state index is -0.433. The second-order valence-electron chi connectivity index (χ2n) is 8.90. The molecule has 2 aromatic carbocycles. The highest BCUT2D eigenvalue weighted by molar-refractivity contribution is 5.97. The number of hydrogen-bond donors (Lipinski definition) is 1. The van der Waals surface area contributed by atoms with Crippen molar-refractivity contribution in [1.29, 1.82) is 0 Å². The summed E-state index contributed by atoms with van der Waals surface area (Å²) in [6.07, 6.45) is 1.18. The molecule has 0 bridgehead atoms. The summed E-state index contributed by atoms with van der Waals surface area (Å²) in [6.45, 7) is 11.1. The van der Waals surface area contributed by atoms with Gasteiger partial charge >= 0.3 is 0 Å². The Morgan fingerprint density at radius 2 is 1.84 bits per heavy atom. The SMILES string of the molecule is Cc1cc2c(cc1C(C)C)NC(=O)C(CCCN1CCN(c3ccc(F)cc3)CC1)O2. The number of piperazine rings is 1. The number of halogens is 1. The maximum absolute atomic E-state index is 13.1. The van der Waals surface area contributed by atoms with Crippen molar-refractivity contribution < 1.29 is 13.9 Å². The molecule has 1 saturated heterocycles. The van der Waals surface area contributed by atoms with E-state index in [9.17, 15) is 9.18 Å². The van der Waals surface area contributed by atoms with Gasteiger partial charge < -0.3 is 15.0 Å². The first-order chi connectivity index (χ1) is 14.9. The van der Waals surface area contributed by atoms with E-state index in [1.54, 1.807) is 0 Å². The van der Waals surface area contributed by atoms with Crippen LogP contribution in [0.1, 0.15) is 43.7 Å². The van der Waals surface area contributed by atoms with Crippen LogP contribution < -0.4 is 15.0 Å². The molecule has 0 radical (unpaired) electrons. The molecule has 2 aromatic rings. The quantitative estimate of drug-likeness (QED) is 0.737. The first kappa shape index (κ1) is 21.6. The lowest BCUT2D eigenvalue weighted by molar-refractivity contribution is -0.123. The number of amides is 1. The number of benzene rings is 2. The molecular formula is C25H32FN3O2. The maximum Gasteiger partial charge on any atom is 0.265 e. The Hall–Kier alpha value is -2.60. The summed E-state index contributed by atoms with van der Waals surface area (Å²) in [5, 5.41) is 3.04. The van der Waals surface area contributed by atoms with Gasteiger partial charge in [-0.25, -0.2) is 4.39 Å². The molecule has 2 aliphatic rings. The molecular weight excluding hydrogens is 393 g/mol. The number of carbonyl (C=O) groups is 1. The monoisotopic (exact) mass is 425 g/mol. The zero-order valence-corrected chi connectivity index (χ0v) is 18.7. The molecule has 0 saturated carbocycles. The van der Waals surface area contributed by atoms with Crippen LogP contribution in [0.5, 0.6) is 5.75 Å². The predicted molar refractivity (Wildman–Crippen MR) is 123 cm³/mol. The van der Waals surface area contributed by atoms with Crippen LogP contribution in [0, 0.1) is 12.7 Å². The van der Waals surface area contributed by atoms with Gasteiger partial charge in [-0.1, -0.05) is 13.8 Å². The van der Waals surface area contributed by atoms with Crippen molar-refractivity contribution >= 4 is 17.3 Å². The molecule has 31 heavy (non-hydrogen) atoms. The number of aryl methyl sites for hydroxylation is 1. The van der Waals surface area contributed by atoms with Gasteiger partial charge in [0.25, 0.3) is 5.91 Å². The largest absolute Gasteiger partial charge is 0.478 e. The van der Waals surface area contributed by atoms with Crippen LogP contribution >= 0.6 is 0 Å². The molecule has 1 N–H and O–H groups in total. The summed E-state index contributed by atoms with van der Waals surface area (Å²) >= 11 is 0. The van der Waals surface area contributed by atoms with Gasteiger partial charge in [0.05, 0.1) is 5.69 Å². The molecule has 1 unspecified atom stereocenters. The molecule has 2 heterocycles. The number of carbonyl (C=O) groups excluding carboxylic acids is 1. The van der Waals surface area contributed by atoms with Crippen molar-refractivity contribution in [2.45, 2.75) is 45.6 Å². The Kier molecular flexibility index (Phi) is 6.46. The first-order valence-electron chi connectivity index (χ1n) is 11.3. The van der Waals surface area contributed by atoms with E-state index in [-0.39, 0.29) is 11.7 Å². The smallest absolute Gasteiger partial charge is 0.265 e. The number of nitrogens with one attached hydrogen (secondary N) is 1. The van der Waals surface area contributed by atoms with Gasteiger partial charge in [-0.3, -0.25) is 9.69 Å². The summed E-state index contributed by atoms with van der Waals surface area (Å²) in [7, 11) is 0. The minimum absolute atomic E-state index is 0.0489. The Balaban J connectivity index is 1.25. The molecule has 6 heteroatoms. The van der Waals surface area contributed by atoms with Gasteiger partial charge in [-0.15, -0.1) is 0 Å². The van der Waals surface area contributed by atoms with Crippen LogP contribution in [0.4, 0.5) is 15.8 Å². The zero-order valence-electron chi connectivity index (χ0n) is 18.7. The average molecular weight is 426 g/mol. The Labute approximate surface area is 184 Å². The van der Waals surface area contributed by atoms with Crippen molar-refractivity contribution in [3.05, 3.63) is 53.3 Å². The third kappa shape index (κ3) is 5.01. The van der Waals surface area contributed by atoms with Crippen molar-refractivity contribution in [2.24, 2.45) is 0 Å². The van der Waals surface area contributed by atoms with E-state index in [0.717, 1.165) is 56.3 Å². The number of anilines is 2. The van der Waals surface area contributed by atoms with Gasteiger partial charge in [-0.05, 0) is 79.8 Å². The molecule has 0 aromatic heterocycles. The fourth-order valence-electron chi connectivity index (χ4n) is 4.51. The standard InChI is InChI=1S/C25H32FN3O2/c1-17(2)21-16-22-24(15-18(21)3)31-23(25(30)27-22)5-4-10-28-11-13-29(14-12-28)20-8-6-19(26)7-9-20/h6-9,15-17,23H,4-5,10-14H2,1-3H3,(H,27,30). The molecule has 1 amide bonds. The molecule has 4 rings (SSSR count). The van der Waals surface area contributed by atoms with Crippen LogP contribution in [-0.4, -0.2) is 49.6 Å². The Morgan fingerprint density at radius 1 is 1.13 bits per heavy atom. The lowest BCUT2D eigenvalue weighted by Crippen LogP contribution is -2.47. The summed E-state index contributed by atoms with van der Waals surface area (Å²) < 4.78 is 19.2. The van der Waals surface area contributed by atoms with Crippen LogP contribution in [0.15, 0.2) is 36.4 Å². The van der Waals surface area contributed by atoms with Crippen LogP contribution in [0.2, 0.25) is 0 Å². The number of hydrogen-bond acceptors (Lipinski definition) is 4. The van der Waals surface area contributed by atoms with E-state index in [4.69, 9.17) is 4.74 Å². The van der Waals surface area contributed by atoms with Gasteiger partial charge in [0.2, 0.25) is 0 Å². The van der Waals surface area contributed by atoms with Crippen molar-refractivity contribution in [3.8, 4) is 5.75 Å². The summed E-state index contributed by atoms with van der Waals surface area (Å²) in [5.41, 5.74) is 4.29. The molecule has 2 aliphatic heterocycles. The molecule has 5 nitrogen and oxygen atoms in total. The highest BCUT2D eigenvalue weighted by Crippen LogP contribution is 2.35. The number of ether oxygens (including phenoxy) is 1. The van der Waals surface area contributed by atoms with Crippen molar-refractivity contribution in [2.75, 3.05) is 42.9 Å². The maximum atomic E-state index is 13.1. The van der Waals surface area contributed by atoms with E-state index in [2.05, 4.69) is 35.9 Å². The van der Waals surface area contributed by atoms with Crippen LogP contribution in [-0.2, 0) is 4.79 Å². The third-order valence-electron chi connectivity index (χ3n) is 6.31. The molecule has 166 valence electrons. The normalized spacial score (nSPS) is 19.2. The summed E-state index contributed by atoms with van der Waals surface area (Å²) in [6, 6.07) is 10.8. The number of nitrogens with zero attached hydrogens (tertiary/aromatic N) is 2. The zero-order chi connectivity index (χ0) is 22.0. The Morgan fingerprint density at radius 3 is 2.52 bits per heavy atom. The lowest BCUT2D eigenvalue weighted by Gasteiger charge is -2.36. The molecule has 0 aliphatic carbocycles. The second kappa shape index (κ2) is 9.27. The third-order valence-corrected chi connectivity index (χ3v) is 6.31. The minimum Gasteiger partial charge on any atom is -0.478 e. The van der Waals surface area contributed by atoms with E-state index in [1.807, 2.05) is 24.3 Å². The fraction of sp³-hybridized carbons (Fsp3) is 0.480. The van der Waals surface area contributed by atoms with Crippen LogP contribution in [0.25, 0.3) is 0 Å². The summed E-state index contributed by atoms with van der Waals surface area (Å²) in [4.78, 5) is 17.3. The van der Waals surface area contributed by atoms with Gasteiger partial charge in [0.15, 0.2) is 6.10 Å². The number of fused-ring (bicyclic) bond motifs is 1. The highest BCUT2D eigenvalue weighted by atomic mass is 19.1. The van der Waals surface area contributed by atoms with Gasteiger partial charge in [0.1, 0.15) is 11.6 Å². The first-order valence-corrected chi connectivity index (χ1v) is 11.3. The summed E-state index contributed by atoms with van der Waals surface area (Å²) in [5.74, 6) is 0.935. The van der Waals surface area contributed by atoms with Crippen molar-refractivity contribution in [3.63, 3.8) is 0 Å². The molecule has 1 atom stereocenters. The van der Waals surface area contributed by atoms with E-state index in [1.165, 1.54) is 23.3 Å². The topological polar surface area (TPSA) is 44.8 Å². The lowest BCUT2D eigenvalue weighted by atomic mass is 9.96. The van der Waals surface area contributed by atoms with Crippen LogP contribution in [0.3, 0.4) is 0 Å².